The number of anilines is 2. The lowest BCUT2D eigenvalue weighted by atomic mass is 10.1. The summed E-state index contributed by atoms with van der Waals surface area (Å²) in [6.07, 6.45) is 11.0. The van der Waals surface area contributed by atoms with Gasteiger partial charge in [-0.25, -0.2) is 9.97 Å². The Balaban J connectivity index is 1.68. The number of hydrogen-bond acceptors (Lipinski definition) is 6. The van der Waals surface area contributed by atoms with Crippen LogP contribution in [0.1, 0.15) is 0 Å². The van der Waals surface area contributed by atoms with Gasteiger partial charge in [-0.1, -0.05) is 0 Å². The van der Waals surface area contributed by atoms with E-state index in [-0.39, 0.29) is 0 Å². The zero-order valence-electron chi connectivity index (χ0n) is 13.3. The molecule has 0 saturated heterocycles. The lowest BCUT2D eigenvalue weighted by Gasteiger charge is -2.07. The van der Waals surface area contributed by atoms with Crippen molar-refractivity contribution in [1.29, 1.82) is 0 Å². The second-order valence-corrected chi connectivity index (χ2v) is 6.67. The Morgan fingerprint density at radius 2 is 2.16 bits per heavy atom. The minimum absolute atomic E-state index is 0.700. The molecule has 25 heavy (non-hydrogen) atoms. The van der Waals surface area contributed by atoms with E-state index in [1.807, 2.05) is 42.3 Å². The second kappa shape index (κ2) is 5.42. The van der Waals surface area contributed by atoms with Crippen molar-refractivity contribution in [1.82, 2.24) is 19.5 Å². The van der Waals surface area contributed by atoms with Crippen LogP contribution in [0.2, 0.25) is 0 Å². The molecule has 5 aromatic heterocycles. The molecule has 0 aliphatic carbocycles. The second-order valence-electron chi connectivity index (χ2n) is 5.76. The molecule has 0 aliphatic heterocycles. The smallest absolute Gasteiger partial charge is 0.176 e. The number of aromatic nitrogens is 4. The van der Waals surface area contributed by atoms with Gasteiger partial charge in [-0.3, -0.25) is 4.98 Å². The van der Waals surface area contributed by atoms with Crippen LogP contribution in [0.3, 0.4) is 0 Å². The molecule has 0 aromatic carbocycles. The van der Waals surface area contributed by atoms with Gasteiger partial charge >= 0.3 is 0 Å². The molecular weight excluding hydrogens is 334 g/mol. The highest BCUT2D eigenvalue weighted by Gasteiger charge is 2.15. The van der Waals surface area contributed by atoms with E-state index in [1.54, 1.807) is 30.1 Å². The topological polar surface area (TPSA) is 68.8 Å². The van der Waals surface area contributed by atoms with E-state index in [0.717, 1.165) is 38.0 Å². The van der Waals surface area contributed by atoms with Crippen molar-refractivity contribution >= 4 is 43.9 Å². The number of pyridine rings is 2. The van der Waals surface area contributed by atoms with E-state index in [2.05, 4.69) is 25.6 Å². The summed E-state index contributed by atoms with van der Waals surface area (Å²) in [6.45, 7) is 0. The maximum Gasteiger partial charge on any atom is 0.176 e. The lowest BCUT2D eigenvalue weighted by molar-refractivity contribution is 0.615. The number of imidazole rings is 1. The summed E-state index contributed by atoms with van der Waals surface area (Å²) < 4.78 is 8.60. The number of nitrogens with one attached hydrogen (secondary N) is 1. The number of hydrogen-bond donors (Lipinski definition) is 1. The van der Waals surface area contributed by atoms with Crippen LogP contribution in [-0.2, 0) is 7.05 Å². The number of nitrogens with zero attached hydrogens (tertiary/aromatic N) is 4. The largest absolute Gasteiger partial charge is 0.460 e. The van der Waals surface area contributed by atoms with Crippen LogP contribution in [0.25, 0.3) is 32.3 Å². The first-order valence-electron chi connectivity index (χ1n) is 7.72. The van der Waals surface area contributed by atoms with Crippen molar-refractivity contribution in [3.05, 3.63) is 54.9 Å². The highest BCUT2D eigenvalue weighted by atomic mass is 32.1. The standard InChI is InChI=1S/C18H13N5OS/c1-23-8-13(21-10-23)12-6-19-7-15-16(12)14(9-25-15)22-18-17-11(2-4-20-18)3-5-24-17/h2-10H,1H3,(H,20,22). The fourth-order valence-corrected chi connectivity index (χ4v) is 3.82. The summed E-state index contributed by atoms with van der Waals surface area (Å²) in [5.41, 5.74) is 3.61. The Morgan fingerprint density at radius 3 is 3.04 bits per heavy atom. The third kappa shape index (κ3) is 2.28. The molecule has 0 spiro atoms. The number of aryl methyl sites for hydroxylation is 1. The van der Waals surface area contributed by atoms with Gasteiger partial charge in [0.05, 0.1) is 28.7 Å². The molecule has 6 nitrogen and oxygen atoms in total. The minimum Gasteiger partial charge on any atom is -0.460 e. The monoisotopic (exact) mass is 347 g/mol. The highest BCUT2D eigenvalue weighted by Crippen LogP contribution is 2.38. The van der Waals surface area contributed by atoms with Gasteiger partial charge in [0.15, 0.2) is 11.4 Å². The fraction of sp³-hybridized carbons (Fsp3) is 0.0556. The molecule has 0 aliphatic rings. The molecule has 7 heteroatoms. The van der Waals surface area contributed by atoms with Crippen LogP contribution < -0.4 is 5.32 Å². The third-order valence-electron chi connectivity index (χ3n) is 4.09. The summed E-state index contributed by atoms with van der Waals surface area (Å²) in [7, 11) is 1.96. The SMILES string of the molecule is Cn1cnc(-c2cncc3scc(Nc4nccc5ccoc45)c23)c1. The van der Waals surface area contributed by atoms with Gasteiger partial charge in [-0.05, 0) is 12.1 Å². The Labute approximate surface area is 146 Å². The van der Waals surface area contributed by atoms with Crippen molar-refractivity contribution in [3.63, 3.8) is 0 Å². The normalized spacial score (nSPS) is 11.4. The summed E-state index contributed by atoms with van der Waals surface area (Å²) >= 11 is 1.64. The number of rotatable bonds is 3. The van der Waals surface area contributed by atoms with Crippen molar-refractivity contribution in [2.45, 2.75) is 0 Å². The van der Waals surface area contributed by atoms with Crippen LogP contribution in [0, 0.1) is 0 Å². The van der Waals surface area contributed by atoms with Crippen molar-refractivity contribution in [2.75, 3.05) is 5.32 Å². The van der Waals surface area contributed by atoms with Gasteiger partial charge in [-0.2, -0.15) is 0 Å². The quantitative estimate of drug-likeness (QED) is 0.517. The average molecular weight is 347 g/mol. The predicted octanol–water partition coefficient (Wildman–Crippen LogP) is 4.58. The molecule has 0 fully saturated rings. The van der Waals surface area contributed by atoms with Crippen molar-refractivity contribution in [2.24, 2.45) is 7.05 Å². The maximum atomic E-state index is 5.58. The van der Waals surface area contributed by atoms with E-state index in [9.17, 15) is 0 Å². The van der Waals surface area contributed by atoms with Crippen LogP contribution in [0.5, 0.6) is 0 Å². The third-order valence-corrected chi connectivity index (χ3v) is 5.00. The zero-order valence-corrected chi connectivity index (χ0v) is 14.1. The van der Waals surface area contributed by atoms with Crippen LogP contribution >= 0.6 is 11.3 Å². The average Bonchev–Trinajstić information content (AvgIpc) is 3.35. The van der Waals surface area contributed by atoms with E-state index < -0.39 is 0 Å². The van der Waals surface area contributed by atoms with Gasteiger partial charge in [0.2, 0.25) is 0 Å². The zero-order chi connectivity index (χ0) is 16.8. The molecule has 122 valence electrons. The van der Waals surface area contributed by atoms with Gasteiger partial charge in [0.1, 0.15) is 0 Å². The summed E-state index contributed by atoms with van der Waals surface area (Å²) in [5.74, 6) is 0.700. The molecule has 0 atom stereocenters. The van der Waals surface area contributed by atoms with Crippen molar-refractivity contribution < 1.29 is 4.42 Å². The number of furan rings is 1. The van der Waals surface area contributed by atoms with Crippen LogP contribution in [0.4, 0.5) is 11.5 Å². The molecule has 0 saturated carbocycles. The van der Waals surface area contributed by atoms with Gasteiger partial charge in [0.25, 0.3) is 0 Å². The molecule has 5 aromatic rings. The van der Waals surface area contributed by atoms with Crippen LogP contribution in [-0.4, -0.2) is 19.5 Å². The van der Waals surface area contributed by atoms with E-state index in [4.69, 9.17) is 4.42 Å². The molecule has 0 bridgehead atoms. The van der Waals surface area contributed by atoms with Gasteiger partial charge < -0.3 is 14.3 Å². The maximum absolute atomic E-state index is 5.58. The first-order valence-corrected chi connectivity index (χ1v) is 8.60. The molecular formula is C18H13N5OS. The van der Waals surface area contributed by atoms with E-state index in [0.29, 0.717) is 5.82 Å². The lowest BCUT2D eigenvalue weighted by Crippen LogP contribution is -1.93. The molecule has 5 heterocycles. The number of thiophene rings is 1. The Hall–Kier alpha value is -3.19. The molecule has 0 amide bonds. The first-order chi connectivity index (χ1) is 12.3. The Morgan fingerprint density at radius 1 is 1.20 bits per heavy atom. The van der Waals surface area contributed by atoms with Crippen LogP contribution in [0.15, 0.2) is 59.3 Å². The molecule has 0 radical (unpaired) electrons. The Kier molecular flexibility index (Phi) is 3.07. The highest BCUT2D eigenvalue weighted by molar-refractivity contribution is 7.17. The summed E-state index contributed by atoms with van der Waals surface area (Å²) in [6, 6.07) is 3.86. The van der Waals surface area contributed by atoms with E-state index >= 15 is 0 Å². The van der Waals surface area contributed by atoms with Gasteiger partial charge in [-0.15, -0.1) is 11.3 Å². The first kappa shape index (κ1) is 14.2. The molecule has 0 unspecified atom stereocenters. The molecule has 5 rings (SSSR count). The molecule has 1 N–H and O–H groups in total. The summed E-state index contributed by atoms with van der Waals surface area (Å²) in [5, 5.41) is 7.59. The number of fused-ring (bicyclic) bond motifs is 2. The van der Waals surface area contributed by atoms with Gasteiger partial charge in [0, 0.05) is 53.6 Å². The predicted molar refractivity (Wildman–Crippen MR) is 99.1 cm³/mol. The fourth-order valence-electron chi connectivity index (χ4n) is 2.94. The minimum atomic E-state index is 0.700. The van der Waals surface area contributed by atoms with Crippen molar-refractivity contribution in [3.8, 4) is 11.3 Å². The van der Waals surface area contributed by atoms with E-state index in [1.165, 1.54) is 0 Å². The Bertz CT molecular complexity index is 1200. The summed E-state index contributed by atoms with van der Waals surface area (Å²) in [4.78, 5) is 13.3.